The second-order valence-electron chi connectivity index (χ2n) is 7.54. The zero-order valence-corrected chi connectivity index (χ0v) is 16.9. The van der Waals surface area contributed by atoms with E-state index in [2.05, 4.69) is 10.1 Å². The molecule has 0 saturated carbocycles. The van der Waals surface area contributed by atoms with E-state index >= 15 is 0 Å². The van der Waals surface area contributed by atoms with Gasteiger partial charge in [0, 0.05) is 26.1 Å². The number of hydrogen-bond donors (Lipinski definition) is 2. The molecule has 0 aromatic heterocycles. The molecule has 2 N–H and O–H groups in total. The summed E-state index contributed by atoms with van der Waals surface area (Å²) in [6.07, 6.45) is -5.80. The highest BCUT2D eigenvalue weighted by molar-refractivity contribution is 5.89. The number of aliphatic hydroxyl groups is 1. The molecular weight excluding hydrogens is 413 g/mol. The lowest BCUT2D eigenvalue weighted by atomic mass is 10.1. The van der Waals surface area contributed by atoms with Crippen LogP contribution >= 0.6 is 0 Å². The number of carbonyl (C=O) groups excluding carboxylic acids is 2. The second kappa shape index (κ2) is 9.38. The molecule has 0 radical (unpaired) electrons. The summed E-state index contributed by atoms with van der Waals surface area (Å²) in [6, 6.07) is 12.6. The van der Waals surface area contributed by atoms with E-state index < -0.39 is 24.1 Å². The van der Waals surface area contributed by atoms with Crippen LogP contribution in [0.3, 0.4) is 0 Å². The Labute approximate surface area is 177 Å². The Morgan fingerprint density at radius 2 is 1.84 bits per heavy atom. The van der Waals surface area contributed by atoms with E-state index in [1.807, 2.05) is 31.2 Å². The Kier molecular flexibility index (Phi) is 6.84. The van der Waals surface area contributed by atoms with Gasteiger partial charge in [-0.25, -0.2) is 0 Å². The van der Waals surface area contributed by atoms with Crippen LogP contribution in [-0.4, -0.2) is 41.3 Å². The summed E-state index contributed by atoms with van der Waals surface area (Å²) in [4.78, 5) is 26.3. The van der Waals surface area contributed by atoms with Crippen molar-refractivity contribution in [3.8, 4) is 5.75 Å². The number of nitrogens with zero attached hydrogens (tertiary/aromatic N) is 1. The summed E-state index contributed by atoms with van der Waals surface area (Å²) in [5.41, 5.74) is 2.43. The van der Waals surface area contributed by atoms with Crippen molar-refractivity contribution in [2.45, 2.75) is 32.4 Å². The molecule has 6 nitrogen and oxygen atoms in total. The molecule has 2 aromatic carbocycles. The van der Waals surface area contributed by atoms with Crippen molar-refractivity contribution in [1.29, 1.82) is 0 Å². The van der Waals surface area contributed by atoms with Crippen LogP contribution < -0.4 is 10.1 Å². The van der Waals surface area contributed by atoms with Crippen LogP contribution in [0.1, 0.15) is 29.2 Å². The molecule has 2 aromatic rings. The zero-order valence-electron chi connectivity index (χ0n) is 16.9. The van der Waals surface area contributed by atoms with Crippen LogP contribution in [0.4, 0.5) is 13.2 Å². The zero-order chi connectivity index (χ0) is 22.6. The van der Waals surface area contributed by atoms with Gasteiger partial charge in [0.15, 0.2) is 0 Å². The van der Waals surface area contributed by atoms with Gasteiger partial charge in [-0.3, -0.25) is 9.59 Å². The molecule has 1 saturated heterocycles. The van der Waals surface area contributed by atoms with Crippen LogP contribution in [0.5, 0.6) is 5.75 Å². The number of aryl methyl sites for hydroxylation is 1. The predicted molar refractivity (Wildman–Crippen MR) is 106 cm³/mol. The van der Waals surface area contributed by atoms with Crippen LogP contribution in [0, 0.1) is 12.8 Å². The average Bonchev–Trinajstić information content (AvgIpc) is 3.07. The third kappa shape index (κ3) is 6.45. The lowest BCUT2D eigenvalue weighted by molar-refractivity contribution is -0.274. The second-order valence-corrected chi connectivity index (χ2v) is 7.54. The molecule has 1 aliphatic rings. The Morgan fingerprint density at radius 1 is 1.19 bits per heavy atom. The van der Waals surface area contributed by atoms with Crippen molar-refractivity contribution in [2.75, 3.05) is 13.1 Å². The summed E-state index contributed by atoms with van der Waals surface area (Å²) in [7, 11) is 0. The maximum atomic E-state index is 12.4. The number of nitrogens with one attached hydrogen (secondary N) is 1. The number of aliphatic hydroxyl groups excluding tert-OH is 1. The molecule has 2 unspecified atom stereocenters. The minimum atomic E-state index is -4.79. The van der Waals surface area contributed by atoms with Gasteiger partial charge >= 0.3 is 6.36 Å². The highest BCUT2D eigenvalue weighted by atomic mass is 19.4. The van der Waals surface area contributed by atoms with Gasteiger partial charge < -0.3 is 20.1 Å². The molecule has 166 valence electrons. The Bertz CT molecular complexity index is 914. The first-order valence-corrected chi connectivity index (χ1v) is 9.75. The maximum absolute atomic E-state index is 12.4. The molecule has 0 aliphatic carbocycles. The number of halogens is 3. The van der Waals surface area contributed by atoms with Gasteiger partial charge in [-0.05, 0) is 30.2 Å². The highest BCUT2D eigenvalue weighted by Gasteiger charge is 2.34. The normalized spacial score (nSPS) is 17.5. The minimum absolute atomic E-state index is 0.0945. The molecule has 9 heteroatoms. The number of rotatable bonds is 7. The number of amides is 2. The number of alkyl halides is 3. The summed E-state index contributed by atoms with van der Waals surface area (Å²) >= 11 is 0. The van der Waals surface area contributed by atoms with Gasteiger partial charge in [0.05, 0.1) is 12.0 Å². The van der Waals surface area contributed by atoms with Crippen molar-refractivity contribution in [3.05, 3.63) is 65.2 Å². The Morgan fingerprint density at radius 3 is 2.45 bits per heavy atom. The fourth-order valence-electron chi connectivity index (χ4n) is 3.37. The highest BCUT2D eigenvalue weighted by Crippen LogP contribution is 2.25. The standard InChI is InChI=1S/C22H23F3N2O4/c1-14-2-4-15(5-3-14)12-27-13-17(10-20(27)29)21(30)26-11-19(28)16-6-8-18(9-7-16)31-22(23,24)25/h2-9,17,19,28H,10-13H2,1H3,(H,26,30). The topological polar surface area (TPSA) is 78.9 Å². The lowest BCUT2D eigenvalue weighted by Gasteiger charge is -2.18. The fourth-order valence-corrected chi connectivity index (χ4v) is 3.37. The van der Waals surface area contributed by atoms with Gasteiger partial charge in [0.2, 0.25) is 11.8 Å². The molecule has 1 heterocycles. The average molecular weight is 436 g/mol. The van der Waals surface area contributed by atoms with Crippen molar-refractivity contribution in [3.63, 3.8) is 0 Å². The quantitative estimate of drug-likeness (QED) is 0.699. The summed E-state index contributed by atoms with van der Waals surface area (Å²) in [5, 5.41) is 12.8. The van der Waals surface area contributed by atoms with E-state index in [0.29, 0.717) is 12.1 Å². The molecule has 3 rings (SSSR count). The monoisotopic (exact) mass is 436 g/mol. The van der Waals surface area contributed by atoms with Gasteiger partial charge in [0.25, 0.3) is 0 Å². The van der Waals surface area contributed by atoms with E-state index in [0.717, 1.165) is 23.3 Å². The van der Waals surface area contributed by atoms with E-state index in [9.17, 15) is 27.9 Å². The first kappa shape index (κ1) is 22.6. The predicted octanol–water partition coefficient (Wildman–Crippen LogP) is 3.09. The van der Waals surface area contributed by atoms with Crippen molar-refractivity contribution in [2.24, 2.45) is 5.92 Å². The van der Waals surface area contributed by atoms with Crippen LogP contribution in [0.25, 0.3) is 0 Å². The number of benzene rings is 2. The maximum Gasteiger partial charge on any atom is 0.573 e. The number of likely N-dealkylation sites (tertiary alicyclic amines) is 1. The summed E-state index contributed by atoms with van der Waals surface area (Å²) in [6.45, 7) is 2.57. The summed E-state index contributed by atoms with van der Waals surface area (Å²) in [5.74, 6) is -1.38. The Hall–Kier alpha value is -3.07. The largest absolute Gasteiger partial charge is 0.573 e. The number of carbonyl (C=O) groups is 2. The first-order valence-electron chi connectivity index (χ1n) is 9.75. The Balaban J connectivity index is 1.49. The number of ether oxygens (including phenoxy) is 1. The van der Waals surface area contributed by atoms with Crippen molar-refractivity contribution >= 4 is 11.8 Å². The van der Waals surface area contributed by atoms with Crippen molar-refractivity contribution in [1.82, 2.24) is 10.2 Å². The van der Waals surface area contributed by atoms with Gasteiger partial charge in [-0.15, -0.1) is 13.2 Å². The molecule has 1 aliphatic heterocycles. The fraction of sp³-hybridized carbons (Fsp3) is 0.364. The smallest absolute Gasteiger partial charge is 0.406 e. The minimum Gasteiger partial charge on any atom is -0.406 e. The molecule has 0 bridgehead atoms. The van der Waals surface area contributed by atoms with E-state index in [4.69, 9.17) is 0 Å². The third-order valence-corrected chi connectivity index (χ3v) is 5.05. The molecule has 2 atom stereocenters. The molecule has 1 fully saturated rings. The van der Waals surface area contributed by atoms with E-state index in [-0.39, 0.29) is 31.3 Å². The van der Waals surface area contributed by atoms with Gasteiger partial charge in [-0.2, -0.15) is 0 Å². The first-order chi connectivity index (χ1) is 14.6. The van der Waals surface area contributed by atoms with E-state index in [1.54, 1.807) is 4.90 Å². The lowest BCUT2D eigenvalue weighted by Crippen LogP contribution is -2.35. The van der Waals surface area contributed by atoms with Crippen LogP contribution in [-0.2, 0) is 16.1 Å². The van der Waals surface area contributed by atoms with Crippen LogP contribution in [0.2, 0.25) is 0 Å². The molecule has 2 amide bonds. The molecule has 31 heavy (non-hydrogen) atoms. The van der Waals surface area contributed by atoms with E-state index in [1.165, 1.54) is 12.1 Å². The van der Waals surface area contributed by atoms with Crippen molar-refractivity contribution < 1.29 is 32.6 Å². The molecule has 0 spiro atoms. The third-order valence-electron chi connectivity index (χ3n) is 5.05. The number of hydrogen-bond acceptors (Lipinski definition) is 4. The van der Waals surface area contributed by atoms with Gasteiger partial charge in [-0.1, -0.05) is 42.0 Å². The van der Waals surface area contributed by atoms with Gasteiger partial charge in [0.1, 0.15) is 5.75 Å². The summed E-state index contributed by atoms with van der Waals surface area (Å²) < 4.78 is 40.4. The molecular formula is C22H23F3N2O4. The van der Waals surface area contributed by atoms with Crippen LogP contribution in [0.15, 0.2) is 48.5 Å². The SMILES string of the molecule is Cc1ccc(CN2CC(C(=O)NCC(O)c3ccc(OC(F)(F)F)cc3)CC2=O)cc1.